The van der Waals surface area contributed by atoms with Crippen LogP contribution in [0.3, 0.4) is 0 Å². The van der Waals surface area contributed by atoms with Gasteiger partial charge in [0.05, 0.1) is 11.4 Å². The van der Waals surface area contributed by atoms with Crippen LogP contribution >= 0.6 is 0 Å². The molecule has 0 radical (unpaired) electrons. The summed E-state index contributed by atoms with van der Waals surface area (Å²) in [4.78, 5) is 18.1. The van der Waals surface area contributed by atoms with E-state index in [9.17, 15) is 17.6 Å². The molecule has 2 atom stereocenters. The van der Waals surface area contributed by atoms with Crippen LogP contribution in [-0.2, 0) is 14.8 Å². The van der Waals surface area contributed by atoms with Gasteiger partial charge in [-0.25, -0.2) is 12.8 Å². The van der Waals surface area contributed by atoms with E-state index < -0.39 is 16.2 Å². The van der Waals surface area contributed by atoms with Crippen LogP contribution in [0.15, 0.2) is 34.2 Å². The monoisotopic (exact) mass is 354 g/mol. The number of nitrogens with one attached hydrogen (secondary N) is 2. The van der Waals surface area contributed by atoms with Gasteiger partial charge in [-0.1, -0.05) is 12.1 Å². The van der Waals surface area contributed by atoms with E-state index in [1.165, 1.54) is 11.0 Å². The molecule has 1 aromatic carbocycles. The largest absolute Gasteiger partial charge is 0.334 e. The minimum Gasteiger partial charge on any atom is -0.334 e. The van der Waals surface area contributed by atoms with Gasteiger partial charge in [0.25, 0.3) is 10.0 Å². The van der Waals surface area contributed by atoms with Crippen molar-refractivity contribution >= 4 is 21.8 Å². The molecule has 7 nitrogen and oxygen atoms in total. The fraction of sp³-hybridized carbons (Fsp3) is 0.467. The van der Waals surface area contributed by atoms with Crippen LogP contribution in [-0.4, -0.2) is 64.0 Å². The SMILES string of the molecule is CNC[C@@H]1C[C@H](F)CN1C(=O)CN=C1NS(=O)(=O)c2ccccc21. The molecular weight excluding hydrogens is 335 g/mol. The Bertz CT molecular complexity index is 781. The highest BCUT2D eigenvalue weighted by molar-refractivity contribution is 7.90. The molecule has 1 saturated heterocycles. The number of hydrogen-bond donors (Lipinski definition) is 2. The molecule has 1 amide bonds. The molecular formula is C15H19FN4O3S. The van der Waals surface area contributed by atoms with Crippen LogP contribution in [0.1, 0.15) is 12.0 Å². The van der Waals surface area contributed by atoms with E-state index in [0.29, 0.717) is 18.5 Å². The number of amidine groups is 1. The van der Waals surface area contributed by atoms with Gasteiger partial charge in [0.2, 0.25) is 5.91 Å². The Kier molecular flexibility index (Phi) is 4.55. The van der Waals surface area contributed by atoms with Gasteiger partial charge in [0.15, 0.2) is 0 Å². The fourth-order valence-corrected chi connectivity index (χ4v) is 4.33. The second kappa shape index (κ2) is 6.48. The number of fused-ring (bicyclic) bond motifs is 1. The third kappa shape index (κ3) is 3.13. The molecule has 2 aliphatic rings. The molecule has 1 fully saturated rings. The summed E-state index contributed by atoms with van der Waals surface area (Å²) in [5.74, 6) is -0.161. The number of nitrogens with zero attached hydrogens (tertiary/aromatic N) is 2. The molecule has 2 aliphatic heterocycles. The van der Waals surface area contributed by atoms with E-state index >= 15 is 0 Å². The van der Waals surface area contributed by atoms with E-state index in [-0.39, 0.29) is 35.8 Å². The normalized spacial score (nSPS) is 26.4. The number of carbonyl (C=O) groups excluding carboxylic acids is 1. The van der Waals surface area contributed by atoms with Crippen LogP contribution in [0, 0.1) is 0 Å². The quantitative estimate of drug-likeness (QED) is 0.789. The van der Waals surface area contributed by atoms with Crippen LogP contribution < -0.4 is 10.0 Å². The van der Waals surface area contributed by atoms with Gasteiger partial charge < -0.3 is 10.2 Å². The topological polar surface area (TPSA) is 90.9 Å². The molecule has 0 spiro atoms. The van der Waals surface area contributed by atoms with Crippen molar-refractivity contribution in [3.63, 3.8) is 0 Å². The number of rotatable bonds is 4. The van der Waals surface area contributed by atoms with Crippen molar-refractivity contribution in [1.82, 2.24) is 14.9 Å². The summed E-state index contributed by atoms with van der Waals surface area (Å²) in [6.45, 7) is 0.343. The maximum atomic E-state index is 13.6. The lowest BCUT2D eigenvalue weighted by molar-refractivity contribution is -0.130. The van der Waals surface area contributed by atoms with Gasteiger partial charge in [-0.15, -0.1) is 0 Å². The molecule has 0 aromatic heterocycles. The Morgan fingerprint density at radius 3 is 2.96 bits per heavy atom. The lowest BCUT2D eigenvalue weighted by atomic mass is 10.2. The number of carbonyl (C=O) groups is 1. The van der Waals surface area contributed by atoms with Crippen molar-refractivity contribution in [3.8, 4) is 0 Å². The molecule has 2 N–H and O–H groups in total. The van der Waals surface area contributed by atoms with Crippen LogP contribution in [0.5, 0.6) is 0 Å². The highest BCUT2D eigenvalue weighted by Gasteiger charge is 2.35. The predicted molar refractivity (Wildman–Crippen MR) is 87.1 cm³/mol. The first-order valence-electron chi connectivity index (χ1n) is 7.67. The standard InChI is InChI=1S/C15H19FN4O3S/c1-17-7-11-6-10(16)9-20(11)14(21)8-18-15-12-4-2-3-5-13(12)24(22,23)19-15/h2-5,10-11,17H,6-9H2,1H3,(H,18,19)/t10-,11-/m0/s1. The van der Waals surface area contributed by atoms with Crippen molar-refractivity contribution in [2.45, 2.75) is 23.5 Å². The Labute approximate surface area is 140 Å². The zero-order valence-corrected chi connectivity index (χ0v) is 14.0. The molecule has 0 saturated carbocycles. The Morgan fingerprint density at radius 2 is 2.21 bits per heavy atom. The van der Waals surface area contributed by atoms with Crippen molar-refractivity contribution < 1.29 is 17.6 Å². The Balaban J connectivity index is 1.76. The van der Waals surface area contributed by atoms with Crippen molar-refractivity contribution in [1.29, 1.82) is 0 Å². The summed E-state index contributed by atoms with van der Waals surface area (Å²) in [6.07, 6.45) is -0.732. The predicted octanol–water partition coefficient (Wildman–Crippen LogP) is -0.116. The average Bonchev–Trinajstić information content (AvgIpc) is 3.04. The zero-order chi connectivity index (χ0) is 17.3. The van der Waals surface area contributed by atoms with Crippen LogP contribution in [0.25, 0.3) is 0 Å². The molecule has 1 aromatic rings. The summed E-state index contributed by atoms with van der Waals surface area (Å²) >= 11 is 0. The third-order valence-corrected chi connectivity index (χ3v) is 5.56. The molecule has 2 heterocycles. The minimum atomic E-state index is -3.63. The fourth-order valence-electron chi connectivity index (χ4n) is 3.08. The number of alkyl halides is 1. The summed E-state index contributed by atoms with van der Waals surface area (Å²) in [5, 5.41) is 2.95. The number of sulfonamides is 1. The number of likely N-dealkylation sites (N-methyl/N-ethyl adjacent to an activating group) is 1. The van der Waals surface area contributed by atoms with Gasteiger partial charge in [-0.05, 0) is 19.2 Å². The highest BCUT2D eigenvalue weighted by atomic mass is 32.2. The zero-order valence-electron chi connectivity index (χ0n) is 13.2. The molecule has 9 heteroatoms. The maximum Gasteiger partial charge on any atom is 0.263 e. The molecule has 0 aliphatic carbocycles. The number of benzene rings is 1. The second-order valence-electron chi connectivity index (χ2n) is 5.86. The molecule has 130 valence electrons. The first-order chi connectivity index (χ1) is 11.4. The minimum absolute atomic E-state index is 0.0539. The summed E-state index contributed by atoms with van der Waals surface area (Å²) in [7, 11) is -1.88. The number of aliphatic imine (C=N–C) groups is 1. The number of amides is 1. The van der Waals surface area contributed by atoms with Crippen molar-refractivity contribution in [2.24, 2.45) is 4.99 Å². The highest BCUT2D eigenvalue weighted by Crippen LogP contribution is 2.23. The average molecular weight is 354 g/mol. The second-order valence-corrected chi connectivity index (χ2v) is 7.51. The van der Waals surface area contributed by atoms with E-state index in [2.05, 4.69) is 15.0 Å². The molecule has 0 bridgehead atoms. The number of halogens is 1. The lowest BCUT2D eigenvalue weighted by Gasteiger charge is -2.23. The summed E-state index contributed by atoms with van der Waals surface area (Å²) in [6, 6.07) is 6.24. The lowest BCUT2D eigenvalue weighted by Crippen LogP contribution is -2.42. The molecule has 0 unspecified atom stereocenters. The van der Waals surface area contributed by atoms with E-state index in [0.717, 1.165) is 0 Å². The third-order valence-electron chi connectivity index (χ3n) is 4.16. The molecule has 3 rings (SSSR count). The first kappa shape index (κ1) is 16.8. The van der Waals surface area contributed by atoms with Gasteiger partial charge in [-0.3, -0.25) is 14.5 Å². The van der Waals surface area contributed by atoms with E-state index in [1.54, 1.807) is 25.2 Å². The Morgan fingerprint density at radius 1 is 1.46 bits per heavy atom. The van der Waals surface area contributed by atoms with Gasteiger partial charge >= 0.3 is 0 Å². The van der Waals surface area contributed by atoms with E-state index in [1.807, 2.05) is 0 Å². The number of likely N-dealkylation sites (tertiary alicyclic amines) is 1. The van der Waals surface area contributed by atoms with Gasteiger partial charge in [-0.2, -0.15) is 0 Å². The van der Waals surface area contributed by atoms with Crippen LogP contribution in [0.2, 0.25) is 0 Å². The maximum absolute atomic E-state index is 13.6. The van der Waals surface area contributed by atoms with Gasteiger partial charge in [0, 0.05) is 24.6 Å². The summed E-state index contributed by atoms with van der Waals surface area (Å²) in [5.41, 5.74) is 0.446. The smallest absolute Gasteiger partial charge is 0.263 e. The Hall–Kier alpha value is -2.00. The first-order valence-corrected chi connectivity index (χ1v) is 9.15. The van der Waals surface area contributed by atoms with Crippen molar-refractivity contribution in [3.05, 3.63) is 29.8 Å². The van der Waals surface area contributed by atoms with E-state index in [4.69, 9.17) is 0 Å². The van der Waals surface area contributed by atoms with Crippen molar-refractivity contribution in [2.75, 3.05) is 26.7 Å². The summed E-state index contributed by atoms with van der Waals surface area (Å²) < 4.78 is 39.9. The van der Waals surface area contributed by atoms with Gasteiger partial charge in [0.1, 0.15) is 18.6 Å². The number of hydrogen-bond acceptors (Lipinski definition) is 5. The van der Waals surface area contributed by atoms with Crippen LogP contribution in [0.4, 0.5) is 4.39 Å². The molecule has 24 heavy (non-hydrogen) atoms.